The number of hydrogen-bond donors (Lipinski definition) is 8. The van der Waals surface area contributed by atoms with E-state index in [1.54, 1.807) is 0 Å². The monoisotopic (exact) mass is 721 g/mol. The van der Waals surface area contributed by atoms with Gasteiger partial charge in [-0.3, -0.25) is 9.59 Å². The average Bonchev–Trinajstić information content (AvgIpc) is 3.61. The van der Waals surface area contributed by atoms with Gasteiger partial charge in [-0.25, -0.2) is 4.79 Å². The van der Waals surface area contributed by atoms with Crippen LogP contribution in [0.25, 0.3) is 22.1 Å². The lowest BCUT2D eigenvalue weighted by Crippen LogP contribution is -2.71. The molecular weight excluding hydrogens is 674 g/mol. The molecule has 14 nitrogen and oxygen atoms in total. The van der Waals surface area contributed by atoms with Crippen molar-refractivity contribution in [1.29, 1.82) is 0 Å². The van der Waals surface area contributed by atoms with E-state index in [1.807, 2.05) is 18.5 Å². The molecule has 1 fully saturated rings. The van der Waals surface area contributed by atoms with E-state index in [2.05, 4.69) is 31.1 Å². The number of aliphatic carboxylic acids is 1. The first kappa shape index (κ1) is 38.5. The maximum atomic E-state index is 13.6. The summed E-state index contributed by atoms with van der Waals surface area (Å²) in [7, 11) is 0. The zero-order valence-electron chi connectivity index (χ0n) is 29.3. The number of carbonyl (C=O) groups excluding carboxylic acids is 1. The molecule has 14 heteroatoms. The number of carboxylic acid groups (broad SMARTS) is 1. The van der Waals surface area contributed by atoms with Gasteiger partial charge >= 0.3 is 5.97 Å². The molecule has 7 atom stereocenters. The van der Waals surface area contributed by atoms with Crippen molar-refractivity contribution in [2.24, 2.45) is 23.5 Å². The lowest BCUT2D eigenvalue weighted by Gasteiger charge is -2.47. The maximum Gasteiger partial charge on any atom is 0.335 e. The van der Waals surface area contributed by atoms with Crippen molar-refractivity contribution in [3.8, 4) is 22.6 Å². The number of H-pyrrole nitrogens is 1. The summed E-state index contributed by atoms with van der Waals surface area (Å²) in [5, 5.41) is 56.5. The molecule has 0 unspecified atom stereocenters. The number of carbonyl (C=O) groups is 2. The van der Waals surface area contributed by atoms with Crippen LogP contribution in [0, 0.1) is 17.8 Å². The predicted octanol–water partition coefficient (Wildman–Crippen LogP) is 3.14. The van der Waals surface area contributed by atoms with Gasteiger partial charge in [-0.2, -0.15) is 0 Å². The van der Waals surface area contributed by atoms with Crippen LogP contribution in [-0.4, -0.2) is 85.7 Å². The highest BCUT2D eigenvalue weighted by Gasteiger charge is 2.58. The topological polar surface area (TPSA) is 238 Å². The zero-order chi connectivity index (χ0) is 37.7. The van der Waals surface area contributed by atoms with E-state index < -0.39 is 53.3 Å². The van der Waals surface area contributed by atoms with Crippen LogP contribution in [0.5, 0.6) is 11.5 Å². The maximum absolute atomic E-state index is 13.6. The molecule has 0 aliphatic carbocycles. The summed E-state index contributed by atoms with van der Waals surface area (Å²) in [6.45, 7) is 6.61. The van der Waals surface area contributed by atoms with Crippen molar-refractivity contribution < 1.29 is 49.0 Å². The number of amides is 1. The van der Waals surface area contributed by atoms with Gasteiger partial charge in [0.25, 0.3) is 5.91 Å². The lowest BCUT2D eigenvalue weighted by molar-refractivity contribution is -0.311. The Bertz CT molecular complexity index is 1890. The molecule has 280 valence electrons. The fourth-order valence-electron chi connectivity index (χ4n) is 6.69. The average molecular weight is 722 g/mol. The highest BCUT2D eigenvalue weighted by atomic mass is 16.7. The lowest BCUT2D eigenvalue weighted by atomic mass is 9.83. The number of aromatic amines is 1. The highest BCUT2D eigenvalue weighted by molar-refractivity contribution is 5.99. The van der Waals surface area contributed by atoms with Crippen LogP contribution >= 0.6 is 0 Å². The number of nitrogens with one attached hydrogen (secondary N) is 2. The van der Waals surface area contributed by atoms with Crippen molar-refractivity contribution in [2.45, 2.75) is 76.7 Å². The number of aromatic hydroxyl groups is 1. The Balaban J connectivity index is 1.42. The number of phenols is 1. The third-order valence-electron chi connectivity index (χ3n) is 9.77. The standard InChI is InChI=1S/C38H47N3O11/c1-20(2)5-4-6-21(3)24(15-22-13-14-40-17-22)18-41-19-38(49)34(45)31(44)33(36(47)48)52-37(38)50-26-11-12-27-28(16-26)51-32(35(39)46)29(30(27)43)23-7-9-25(42)10-8-23/h7-14,16-17,20-21,24,31,33-34,37,40-42,44-45,49H,4-6,15,18-19H2,1-3H3,(H2,39,46)(H,47,48)/t21-,24-,31+,33-,34-,37+,38+/m0/s1. The van der Waals surface area contributed by atoms with Gasteiger partial charge in [0.2, 0.25) is 17.5 Å². The number of aromatic nitrogens is 1. The van der Waals surface area contributed by atoms with Gasteiger partial charge in [0, 0.05) is 25.0 Å². The number of carboxylic acids is 1. The fourth-order valence-corrected chi connectivity index (χ4v) is 6.69. The molecule has 5 rings (SSSR count). The van der Waals surface area contributed by atoms with Gasteiger partial charge in [-0.05, 0) is 72.2 Å². The number of phenolic OH excluding ortho intramolecular Hbond substituents is 1. The van der Waals surface area contributed by atoms with E-state index in [1.165, 1.54) is 42.5 Å². The van der Waals surface area contributed by atoms with Crippen LogP contribution < -0.4 is 21.2 Å². The summed E-state index contributed by atoms with van der Waals surface area (Å²) < 4.78 is 17.3. The van der Waals surface area contributed by atoms with Crippen molar-refractivity contribution in [2.75, 3.05) is 13.1 Å². The molecule has 1 saturated heterocycles. The summed E-state index contributed by atoms with van der Waals surface area (Å²) in [4.78, 5) is 41.1. The van der Waals surface area contributed by atoms with Crippen molar-refractivity contribution in [1.82, 2.24) is 10.3 Å². The molecular formula is C38H47N3O11. The van der Waals surface area contributed by atoms with Crippen LogP contribution in [0.1, 0.15) is 56.2 Å². The number of ether oxygens (including phenoxy) is 2. The zero-order valence-corrected chi connectivity index (χ0v) is 29.3. The minimum Gasteiger partial charge on any atom is -0.508 e. The Labute approximate surface area is 300 Å². The summed E-state index contributed by atoms with van der Waals surface area (Å²) in [5.74, 6) is -2.20. The van der Waals surface area contributed by atoms with Crippen molar-refractivity contribution in [3.05, 3.63) is 82.5 Å². The van der Waals surface area contributed by atoms with E-state index in [-0.39, 0.29) is 46.1 Å². The van der Waals surface area contributed by atoms with Crippen LogP contribution in [-0.2, 0) is 16.0 Å². The minimum atomic E-state index is -2.36. The second kappa shape index (κ2) is 16.3. The molecule has 3 heterocycles. The van der Waals surface area contributed by atoms with Gasteiger partial charge in [0.05, 0.1) is 10.9 Å². The normalized spacial score (nSPS) is 23.1. The molecule has 2 aromatic heterocycles. The molecule has 0 spiro atoms. The van der Waals surface area contributed by atoms with E-state index in [9.17, 15) is 39.9 Å². The van der Waals surface area contributed by atoms with Gasteiger partial charge in [-0.1, -0.05) is 52.2 Å². The van der Waals surface area contributed by atoms with Crippen LogP contribution in [0.2, 0.25) is 0 Å². The number of rotatable bonds is 16. The SMILES string of the molecule is CC(C)CCC[C@H](C)[C@H](CNC[C@]1(O)[C@H](Oc2ccc3c(=O)c(-c4ccc(O)cc4)c(C(N)=O)oc3c2)O[C@H](C(=O)O)[C@@H](O)[C@@H]1O)Cc1cc[nH]c1. The number of primary amides is 1. The first-order valence-corrected chi connectivity index (χ1v) is 17.4. The third-order valence-corrected chi connectivity index (χ3v) is 9.77. The summed E-state index contributed by atoms with van der Waals surface area (Å²) in [6.07, 6.45) is -0.128. The summed E-state index contributed by atoms with van der Waals surface area (Å²) >= 11 is 0. The molecule has 52 heavy (non-hydrogen) atoms. The molecule has 4 aromatic rings. The Morgan fingerprint density at radius 1 is 1.08 bits per heavy atom. The smallest absolute Gasteiger partial charge is 0.335 e. The van der Waals surface area contributed by atoms with Gasteiger partial charge in [-0.15, -0.1) is 0 Å². The summed E-state index contributed by atoms with van der Waals surface area (Å²) in [6, 6.07) is 11.5. The van der Waals surface area contributed by atoms with E-state index in [0.29, 0.717) is 18.4 Å². The Morgan fingerprint density at radius 2 is 1.81 bits per heavy atom. The molecule has 9 N–H and O–H groups in total. The van der Waals surface area contributed by atoms with Gasteiger partial charge in [0.15, 0.2) is 11.7 Å². The fraction of sp³-hybridized carbons (Fsp3) is 0.447. The number of fused-ring (bicyclic) bond motifs is 1. The van der Waals surface area contributed by atoms with E-state index >= 15 is 0 Å². The Kier molecular flexibility index (Phi) is 12.1. The van der Waals surface area contributed by atoms with Crippen molar-refractivity contribution in [3.63, 3.8) is 0 Å². The molecule has 1 aliphatic heterocycles. The number of benzene rings is 2. The molecule has 1 aliphatic rings. The van der Waals surface area contributed by atoms with Crippen molar-refractivity contribution >= 4 is 22.8 Å². The third kappa shape index (κ3) is 8.48. The number of aliphatic hydroxyl groups excluding tert-OH is 2. The first-order chi connectivity index (χ1) is 24.7. The molecule has 0 saturated carbocycles. The van der Waals surface area contributed by atoms with Crippen LogP contribution in [0.3, 0.4) is 0 Å². The van der Waals surface area contributed by atoms with Gasteiger partial charge < -0.3 is 55.5 Å². The molecule has 1 amide bonds. The number of aliphatic hydroxyl groups is 3. The summed E-state index contributed by atoms with van der Waals surface area (Å²) in [5.41, 5.74) is 3.78. The second-order valence-corrected chi connectivity index (χ2v) is 14.1. The quantitative estimate of drug-likeness (QED) is 0.0833. The molecule has 0 bridgehead atoms. The first-order valence-electron chi connectivity index (χ1n) is 17.4. The van der Waals surface area contributed by atoms with Crippen LogP contribution in [0.15, 0.2) is 70.1 Å². The van der Waals surface area contributed by atoms with E-state index in [0.717, 1.165) is 31.2 Å². The molecule has 0 radical (unpaired) electrons. The van der Waals surface area contributed by atoms with Gasteiger partial charge in [0.1, 0.15) is 29.3 Å². The number of hydrogen-bond acceptors (Lipinski definition) is 11. The minimum absolute atomic E-state index is 0.0387. The largest absolute Gasteiger partial charge is 0.508 e. The Morgan fingerprint density at radius 3 is 2.44 bits per heavy atom. The van der Waals surface area contributed by atoms with E-state index in [4.69, 9.17) is 19.6 Å². The predicted molar refractivity (Wildman–Crippen MR) is 191 cm³/mol. The molecule has 2 aromatic carbocycles. The highest BCUT2D eigenvalue weighted by Crippen LogP contribution is 2.34. The number of nitrogens with two attached hydrogens (primary N) is 1. The second-order valence-electron chi connectivity index (χ2n) is 14.1. The van der Waals surface area contributed by atoms with Crippen LogP contribution in [0.4, 0.5) is 0 Å². The Hall–Kier alpha value is -4.73.